The molecule has 5 nitrogen and oxygen atoms in total. The van der Waals surface area contributed by atoms with E-state index in [0.29, 0.717) is 0 Å². The average molecular weight is 225 g/mol. The Labute approximate surface area is 90.0 Å². The summed E-state index contributed by atoms with van der Waals surface area (Å²) in [7, 11) is 0. The lowest BCUT2D eigenvalue weighted by atomic mass is 10.1. The van der Waals surface area contributed by atoms with Crippen molar-refractivity contribution < 1.29 is 9.72 Å². The molecular weight excluding hydrogens is 220 g/mol. The maximum Gasteiger partial charge on any atom is 0.281 e. The number of benzene rings is 1. The Morgan fingerprint density at radius 1 is 1.60 bits per heavy atom. The number of hydrogen-bond donors (Lipinski definition) is 0. The fourth-order valence-corrected chi connectivity index (χ4v) is 1.28. The Balaban J connectivity index is 3.54. The number of halogens is 1. The molecule has 0 atom stereocenters. The van der Waals surface area contributed by atoms with Gasteiger partial charge >= 0.3 is 0 Å². The van der Waals surface area contributed by atoms with Gasteiger partial charge in [0, 0.05) is 6.07 Å². The van der Waals surface area contributed by atoms with Crippen LogP contribution in [0.3, 0.4) is 0 Å². The molecule has 0 saturated carbocycles. The smallest absolute Gasteiger partial charge is 0.281 e. The number of nitriles is 1. The number of carbonyl (C=O) groups excluding carboxylic acids is 1. The molecule has 0 fully saturated rings. The molecule has 0 aliphatic carbocycles. The summed E-state index contributed by atoms with van der Waals surface area (Å²) in [4.78, 5) is 21.0. The Morgan fingerprint density at radius 3 is 2.60 bits per heavy atom. The van der Waals surface area contributed by atoms with Gasteiger partial charge in [-0.15, -0.1) is 0 Å². The van der Waals surface area contributed by atoms with Gasteiger partial charge in [-0.3, -0.25) is 14.9 Å². The van der Waals surface area contributed by atoms with Crippen LogP contribution in [0.4, 0.5) is 5.69 Å². The summed E-state index contributed by atoms with van der Waals surface area (Å²) in [6, 6.07) is 3.89. The molecular formula is C9H5ClN2O3. The number of hydrogen-bond acceptors (Lipinski definition) is 4. The molecule has 0 N–H and O–H groups in total. The van der Waals surface area contributed by atoms with Gasteiger partial charge < -0.3 is 0 Å². The van der Waals surface area contributed by atoms with Crippen LogP contribution in [0.1, 0.15) is 22.8 Å². The number of nitro benzene ring substituents is 1. The lowest BCUT2D eigenvalue weighted by molar-refractivity contribution is -0.385. The fraction of sp³-hybridized carbons (Fsp3) is 0.111. The van der Waals surface area contributed by atoms with Crippen molar-refractivity contribution in [1.82, 2.24) is 0 Å². The average Bonchev–Trinajstić information content (AvgIpc) is 2.16. The predicted octanol–water partition coefficient (Wildman–Crippen LogP) is 2.32. The Kier molecular flexibility index (Phi) is 3.02. The second-order valence-electron chi connectivity index (χ2n) is 2.77. The SMILES string of the molecule is CC(=O)c1cc(C#N)c(Cl)cc1[N+](=O)[O-]. The summed E-state index contributed by atoms with van der Waals surface area (Å²) in [6.07, 6.45) is 0. The fourth-order valence-electron chi connectivity index (χ4n) is 1.08. The monoisotopic (exact) mass is 224 g/mol. The molecule has 0 amide bonds. The van der Waals surface area contributed by atoms with E-state index in [1.54, 1.807) is 6.07 Å². The molecule has 76 valence electrons. The number of Topliss-reactive ketones (excluding diaryl/α,β-unsaturated/α-hetero) is 1. The van der Waals surface area contributed by atoms with Gasteiger partial charge in [-0.25, -0.2) is 0 Å². The molecule has 1 aromatic rings. The molecule has 0 heterocycles. The third kappa shape index (κ3) is 2.11. The first-order valence-corrected chi connectivity index (χ1v) is 4.24. The largest absolute Gasteiger partial charge is 0.294 e. The summed E-state index contributed by atoms with van der Waals surface area (Å²) in [5.41, 5.74) is -0.445. The van der Waals surface area contributed by atoms with Crippen LogP contribution in [0.15, 0.2) is 12.1 Å². The quantitative estimate of drug-likeness (QED) is 0.438. The van der Waals surface area contributed by atoms with Crippen molar-refractivity contribution in [2.24, 2.45) is 0 Å². The van der Waals surface area contributed by atoms with E-state index in [-0.39, 0.29) is 21.8 Å². The number of carbonyl (C=O) groups is 1. The molecule has 0 bridgehead atoms. The van der Waals surface area contributed by atoms with E-state index >= 15 is 0 Å². The van der Waals surface area contributed by atoms with Crippen LogP contribution < -0.4 is 0 Å². The highest BCUT2D eigenvalue weighted by Gasteiger charge is 2.20. The number of nitro groups is 1. The lowest BCUT2D eigenvalue weighted by Gasteiger charge is -2.00. The van der Waals surface area contributed by atoms with Gasteiger partial charge in [-0.05, 0) is 13.0 Å². The van der Waals surface area contributed by atoms with Crippen LogP contribution in [0.5, 0.6) is 0 Å². The zero-order valence-electron chi connectivity index (χ0n) is 7.65. The molecule has 0 saturated heterocycles. The maximum absolute atomic E-state index is 11.1. The number of rotatable bonds is 2. The molecule has 1 rings (SSSR count). The maximum atomic E-state index is 11.1. The standard InChI is InChI=1S/C9H5ClN2O3/c1-5(13)7-2-6(4-11)8(10)3-9(7)12(14)15/h2-3H,1H3. The first-order chi connectivity index (χ1) is 6.97. The first-order valence-electron chi connectivity index (χ1n) is 3.86. The number of nitrogens with zero attached hydrogens (tertiary/aromatic N) is 2. The van der Waals surface area contributed by atoms with Crippen LogP contribution >= 0.6 is 11.6 Å². The summed E-state index contributed by atoms with van der Waals surface area (Å²) in [5, 5.41) is 19.2. The van der Waals surface area contributed by atoms with E-state index in [2.05, 4.69) is 0 Å². The summed E-state index contributed by atoms with van der Waals surface area (Å²) >= 11 is 5.61. The zero-order valence-corrected chi connectivity index (χ0v) is 8.41. The third-order valence-corrected chi connectivity index (χ3v) is 2.09. The molecule has 0 spiro atoms. The molecule has 0 unspecified atom stereocenters. The van der Waals surface area contributed by atoms with E-state index in [4.69, 9.17) is 16.9 Å². The molecule has 1 aromatic carbocycles. The zero-order chi connectivity index (χ0) is 11.6. The van der Waals surface area contributed by atoms with Gasteiger partial charge in [0.2, 0.25) is 0 Å². The van der Waals surface area contributed by atoms with Gasteiger partial charge in [-0.2, -0.15) is 5.26 Å². The van der Waals surface area contributed by atoms with Gasteiger partial charge in [0.15, 0.2) is 5.78 Å². The summed E-state index contributed by atoms with van der Waals surface area (Å²) < 4.78 is 0. The minimum Gasteiger partial charge on any atom is -0.294 e. The summed E-state index contributed by atoms with van der Waals surface area (Å²) in [6.45, 7) is 1.19. The van der Waals surface area contributed by atoms with E-state index in [0.717, 1.165) is 12.1 Å². The minimum atomic E-state index is -0.705. The van der Waals surface area contributed by atoms with E-state index in [1.165, 1.54) is 6.92 Å². The highest BCUT2D eigenvalue weighted by atomic mass is 35.5. The van der Waals surface area contributed by atoms with Crippen molar-refractivity contribution in [3.05, 3.63) is 38.4 Å². The summed E-state index contributed by atoms with van der Waals surface area (Å²) in [5.74, 6) is -0.477. The van der Waals surface area contributed by atoms with Crippen molar-refractivity contribution in [1.29, 1.82) is 5.26 Å². The molecule has 0 aromatic heterocycles. The first kappa shape index (κ1) is 11.1. The number of ketones is 1. The third-order valence-electron chi connectivity index (χ3n) is 1.78. The minimum absolute atomic E-state index is 0.0331. The van der Waals surface area contributed by atoms with E-state index in [1.807, 2.05) is 0 Å². The van der Waals surface area contributed by atoms with Gasteiger partial charge in [-0.1, -0.05) is 11.6 Å². The van der Waals surface area contributed by atoms with Crippen LogP contribution in [0.2, 0.25) is 5.02 Å². The van der Waals surface area contributed by atoms with Crippen LogP contribution in [-0.2, 0) is 0 Å². The van der Waals surface area contributed by atoms with Crippen LogP contribution in [0.25, 0.3) is 0 Å². The highest BCUT2D eigenvalue weighted by molar-refractivity contribution is 6.32. The molecule has 0 aliphatic rings. The van der Waals surface area contributed by atoms with Gasteiger partial charge in [0.1, 0.15) is 6.07 Å². The van der Waals surface area contributed by atoms with Crippen molar-refractivity contribution >= 4 is 23.1 Å². The van der Waals surface area contributed by atoms with Crippen molar-refractivity contribution in [3.63, 3.8) is 0 Å². The van der Waals surface area contributed by atoms with Gasteiger partial charge in [0.05, 0.1) is 21.1 Å². The topological polar surface area (TPSA) is 84.0 Å². The predicted molar refractivity (Wildman–Crippen MR) is 52.8 cm³/mol. The Bertz CT molecular complexity index is 491. The van der Waals surface area contributed by atoms with E-state index in [9.17, 15) is 14.9 Å². The Morgan fingerprint density at radius 2 is 2.20 bits per heavy atom. The van der Waals surface area contributed by atoms with Crippen molar-refractivity contribution in [2.45, 2.75) is 6.92 Å². The second-order valence-corrected chi connectivity index (χ2v) is 3.18. The van der Waals surface area contributed by atoms with Gasteiger partial charge in [0.25, 0.3) is 5.69 Å². The van der Waals surface area contributed by atoms with Crippen LogP contribution in [-0.4, -0.2) is 10.7 Å². The van der Waals surface area contributed by atoms with E-state index < -0.39 is 10.7 Å². The van der Waals surface area contributed by atoms with Crippen molar-refractivity contribution in [3.8, 4) is 6.07 Å². The van der Waals surface area contributed by atoms with Crippen LogP contribution in [0, 0.1) is 21.4 Å². The highest BCUT2D eigenvalue weighted by Crippen LogP contribution is 2.26. The molecule has 0 aliphatic heterocycles. The second kappa shape index (κ2) is 4.07. The lowest BCUT2D eigenvalue weighted by Crippen LogP contribution is -2.01. The molecule has 0 radical (unpaired) electrons. The molecule has 6 heteroatoms. The molecule has 15 heavy (non-hydrogen) atoms. The Hall–Kier alpha value is -1.93. The normalized spacial score (nSPS) is 9.40. The van der Waals surface area contributed by atoms with Crippen molar-refractivity contribution in [2.75, 3.05) is 0 Å².